The lowest BCUT2D eigenvalue weighted by Gasteiger charge is -2.27. The van der Waals surface area contributed by atoms with Gasteiger partial charge in [-0.25, -0.2) is 0 Å². The molecule has 0 bridgehead atoms. The Morgan fingerprint density at radius 3 is 2.44 bits per heavy atom. The van der Waals surface area contributed by atoms with E-state index >= 15 is 0 Å². The van der Waals surface area contributed by atoms with Crippen LogP contribution in [0.2, 0.25) is 10.0 Å². The van der Waals surface area contributed by atoms with Gasteiger partial charge in [-0.1, -0.05) is 23.2 Å². The predicted octanol–water partition coefficient (Wildman–Crippen LogP) is 3.15. The number of nitrogens with two attached hydrogens (primary N) is 1. The van der Waals surface area contributed by atoms with Crippen molar-refractivity contribution in [3.8, 4) is 0 Å². The molecule has 1 aliphatic carbocycles. The number of halogens is 3. The number of carbonyl (C=O) groups is 2. The molecule has 2 aliphatic rings. The third-order valence-corrected chi connectivity index (χ3v) is 5.59. The third kappa shape index (κ3) is 4.59. The number of amides is 2. The number of benzene rings is 1. The minimum absolute atomic E-state index is 0. The van der Waals surface area contributed by atoms with E-state index in [2.05, 4.69) is 5.32 Å². The van der Waals surface area contributed by atoms with E-state index in [0.717, 1.165) is 25.7 Å². The summed E-state index contributed by atoms with van der Waals surface area (Å²) in [6, 6.07) is 5.42. The molecular weight excluding hydrogens is 385 g/mol. The van der Waals surface area contributed by atoms with Crippen LogP contribution in [0.15, 0.2) is 18.2 Å². The van der Waals surface area contributed by atoms with E-state index < -0.39 is 5.92 Å². The molecule has 8 heteroatoms. The fraction of sp³-hybridized carbons (Fsp3) is 0.529. The van der Waals surface area contributed by atoms with E-state index in [-0.39, 0.29) is 36.3 Å². The number of hydrogen-bond donors (Lipinski definition) is 2. The van der Waals surface area contributed by atoms with Gasteiger partial charge in [0, 0.05) is 24.3 Å². The maximum Gasteiger partial charge on any atom is 0.239 e. The topological polar surface area (TPSA) is 75.4 Å². The summed E-state index contributed by atoms with van der Waals surface area (Å²) in [5, 5.41) is 3.85. The first-order chi connectivity index (χ1) is 11.5. The van der Waals surface area contributed by atoms with Gasteiger partial charge in [0.25, 0.3) is 0 Å². The maximum absolute atomic E-state index is 12.6. The van der Waals surface area contributed by atoms with Gasteiger partial charge in [-0.15, -0.1) is 12.4 Å². The zero-order valence-electron chi connectivity index (χ0n) is 13.7. The molecular formula is C17H22Cl3N3O2. The second kappa shape index (κ2) is 8.58. The minimum atomic E-state index is -0.630. The van der Waals surface area contributed by atoms with Crippen LogP contribution in [-0.2, 0) is 9.59 Å². The van der Waals surface area contributed by atoms with Crippen LogP contribution in [0.1, 0.15) is 32.1 Å². The lowest BCUT2D eigenvalue weighted by atomic mass is 9.91. The third-order valence-electron chi connectivity index (χ3n) is 4.86. The van der Waals surface area contributed by atoms with Crippen molar-refractivity contribution in [3.63, 3.8) is 0 Å². The summed E-state index contributed by atoms with van der Waals surface area (Å²) in [6.45, 7) is 0.504. The van der Waals surface area contributed by atoms with Gasteiger partial charge in [0.15, 0.2) is 0 Å². The van der Waals surface area contributed by atoms with Gasteiger partial charge >= 0.3 is 0 Å². The summed E-state index contributed by atoms with van der Waals surface area (Å²) in [5.41, 5.74) is 6.56. The van der Waals surface area contributed by atoms with E-state index in [4.69, 9.17) is 28.9 Å². The lowest BCUT2D eigenvalue weighted by Crippen LogP contribution is -2.44. The number of anilines is 1. The summed E-state index contributed by atoms with van der Waals surface area (Å²) in [7, 11) is 0. The highest BCUT2D eigenvalue weighted by molar-refractivity contribution is 6.42. The van der Waals surface area contributed by atoms with Crippen molar-refractivity contribution in [2.75, 3.05) is 11.4 Å². The first kappa shape index (κ1) is 20.3. The molecule has 3 rings (SSSR count). The van der Waals surface area contributed by atoms with Crippen molar-refractivity contribution in [1.82, 2.24) is 5.32 Å². The average molecular weight is 407 g/mol. The molecule has 25 heavy (non-hydrogen) atoms. The van der Waals surface area contributed by atoms with Gasteiger partial charge < -0.3 is 16.0 Å². The number of nitrogens with zero attached hydrogens (tertiary/aromatic N) is 1. The van der Waals surface area contributed by atoms with Gasteiger partial charge in [-0.3, -0.25) is 9.59 Å². The van der Waals surface area contributed by atoms with E-state index in [1.165, 1.54) is 0 Å². The summed E-state index contributed by atoms with van der Waals surface area (Å²) >= 11 is 11.9. The SMILES string of the molecule is Cl.NC1CCC(NC(=O)C2CCN(c3ccc(Cl)c(Cl)c3)C2=O)CC1. The van der Waals surface area contributed by atoms with Crippen LogP contribution < -0.4 is 16.0 Å². The molecule has 0 radical (unpaired) electrons. The van der Waals surface area contributed by atoms with Crippen LogP contribution in [-0.4, -0.2) is 30.4 Å². The highest BCUT2D eigenvalue weighted by Crippen LogP contribution is 2.31. The molecule has 1 aromatic carbocycles. The van der Waals surface area contributed by atoms with Gasteiger partial charge in [0.1, 0.15) is 5.92 Å². The van der Waals surface area contributed by atoms with Gasteiger partial charge in [-0.2, -0.15) is 0 Å². The Kier molecular flexibility index (Phi) is 6.97. The Morgan fingerprint density at radius 1 is 1.12 bits per heavy atom. The minimum Gasteiger partial charge on any atom is -0.353 e. The van der Waals surface area contributed by atoms with Gasteiger partial charge in [0.2, 0.25) is 11.8 Å². The molecule has 2 fully saturated rings. The number of hydrogen-bond acceptors (Lipinski definition) is 3. The molecule has 1 saturated carbocycles. The molecule has 0 spiro atoms. The highest BCUT2D eigenvalue weighted by Gasteiger charge is 2.38. The molecule has 2 amide bonds. The van der Waals surface area contributed by atoms with Crippen molar-refractivity contribution in [2.24, 2.45) is 11.7 Å². The Hall–Kier alpha value is -1.01. The van der Waals surface area contributed by atoms with Crippen molar-refractivity contribution >= 4 is 53.1 Å². The zero-order valence-corrected chi connectivity index (χ0v) is 16.0. The van der Waals surface area contributed by atoms with Crippen LogP contribution in [0, 0.1) is 5.92 Å². The fourth-order valence-corrected chi connectivity index (χ4v) is 3.69. The largest absolute Gasteiger partial charge is 0.353 e. The van der Waals surface area contributed by atoms with Crippen molar-refractivity contribution in [2.45, 2.75) is 44.2 Å². The molecule has 0 aromatic heterocycles. The fourth-order valence-electron chi connectivity index (χ4n) is 3.40. The zero-order chi connectivity index (χ0) is 17.3. The standard InChI is InChI=1S/C17H21Cl2N3O2.ClH/c18-14-6-5-12(9-15(14)19)22-8-7-13(17(22)24)16(23)21-11-3-1-10(20)2-4-11;/h5-6,9-11,13H,1-4,7-8,20H2,(H,21,23);1H. The monoisotopic (exact) mass is 405 g/mol. The Balaban J connectivity index is 0.00000225. The van der Waals surface area contributed by atoms with Crippen LogP contribution in [0.3, 0.4) is 0 Å². The molecule has 1 unspecified atom stereocenters. The Bertz CT molecular complexity index is 648. The van der Waals surface area contributed by atoms with Crippen LogP contribution in [0.25, 0.3) is 0 Å². The summed E-state index contributed by atoms with van der Waals surface area (Å²) in [5.74, 6) is -0.989. The first-order valence-electron chi connectivity index (χ1n) is 8.28. The van der Waals surface area contributed by atoms with Crippen LogP contribution >= 0.6 is 35.6 Å². The Labute approximate surface area is 163 Å². The molecule has 5 nitrogen and oxygen atoms in total. The second-order valence-electron chi connectivity index (χ2n) is 6.55. The normalized spacial score (nSPS) is 26.3. The van der Waals surface area contributed by atoms with Crippen molar-refractivity contribution in [3.05, 3.63) is 28.2 Å². The smallest absolute Gasteiger partial charge is 0.239 e. The molecule has 1 aliphatic heterocycles. The molecule has 1 aromatic rings. The number of nitrogens with one attached hydrogen (secondary N) is 1. The number of carbonyl (C=O) groups excluding carboxylic acids is 2. The van der Waals surface area contributed by atoms with Crippen molar-refractivity contribution in [1.29, 1.82) is 0 Å². The summed E-state index contributed by atoms with van der Waals surface area (Å²) < 4.78 is 0. The summed E-state index contributed by atoms with van der Waals surface area (Å²) in [6.07, 6.45) is 4.10. The second-order valence-corrected chi connectivity index (χ2v) is 7.36. The average Bonchev–Trinajstić information content (AvgIpc) is 2.94. The maximum atomic E-state index is 12.6. The highest BCUT2D eigenvalue weighted by atomic mass is 35.5. The predicted molar refractivity (Wildman–Crippen MR) is 103 cm³/mol. The van der Waals surface area contributed by atoms with Crippen LogP contribution in [0.5, 0.6) is 0 Å². The van der Waals surface area contributed by atoms with E-state index in [1.807, 2.05) is 0 Å². The van der Waals surface area contributed by atoms with E-state index in [0.29, 0.717) is 28.7 Å². The molecule has 1 heterocycles. The van der Waals surface area contributed by atoms with Gasteiger partial charge in [-0.05, 0) is 50.3 Å². The Morgan fingerprint density at radius 2 is 1.80 bits per heavy atom. The molecule has 1 atom stereocenters. The first-order valence-corrected chi connectivity index (χ1v) is 9.03. The summed E-state index contributed by atoms with van der Waals surface area (Å²) in [4.78, 5) is 26.7. The van der Waals surface area contributed by atoms with E-state index in [1.54, 1.807) is 23.1 Å². The van der Waals surface area contributed by atoms with Crippen molar-refractivity contribution < 1.29 is 9.59 Å². The van der Waals surface area contributed by atoms with E-state index in [9.17, 15) is 9.59 Å². The van der Waals surface area contributed by atoms with Crippen LogP contribution in [0.4, 0.5) is 5.69 Å². The molecule has 1 saturated heterocycles. The number of rotatable bonds is 3. The molecule has 3 N–H and O–H groups in total. The molecule has 138 valence electrons. The quantitative estimate of drug-likeness (QED) is 0.757. The van der Waals surface area contributed by atoms with Gasteiger partial charge in [0.05, 0.1) is 10.0 Å². The lowest BCUT2D eigenvalue weighted by molar-refractivity contribution is -0.132.